The molecule has 0 aromatic carbocycles. The molecule has 0 bridgehead atoms. The summed E-state index contributed by atoms with van der Waals surface area (Å²) in [5.74, 6) is 0.968. The van der Waals surface area contributed by atoms with Crippen molar-refractivity contribution < 1.29 is 9.59 Å². The highest BCUT2D eigenvalue weighted by Gasteiger charge is 2.54. The molecule has 0 heterocycles. The summed E-state index contributed by atoms with van der Waals surface area (Å²) < 4.78 is 0. The van der Waals surface area contributed by atoms with Gasteiger partial charge in [-0.05, 0) is 42.9 Å². The predicted octanol–water partition coefficient (Wildman–Crippen LogP) is 4.64. The van der Waals surface area contributed by atoms with Crippen LogP contribution in [0.1, 0.15) is 66.2 Å². The van der Waals surface area contributed by atoms with Crippen LogP contribution in [-0.4, -0.2) is 12.1 Å². The Morgan fingerprint density at radius 1 is 1.23 bits per heavy atom. The van der Waals surface area contributed by atoms with Gasteiger partial charge in [0, 0.05) is 17.4 Å². The van der Waals surface area contributed by atoms with Crippen LogP contribution in [0.2, 0.25) is 0 Å². The Bertz CT molecular complexity index is 581. The molecule has 3 rings (SSSR count). The van der Waals surface area contributed by atoms with Crippen LogP contribution < -0.4 is 0 Å². The first-order valence-electron chi connectivity index (χ1n) is 8.75. The normalized spacial score (nSPS) is 38.5. The summed E-state index contributed by atoms with van der Waals surface area (Å²) in [6.07, 6.45) is 9.08. The Hall–Kier alpha value is -1.18. The standard InChI is InChI=1S/C20H28O2/c1-13(2)14-6-7-16-15(10-14)17(22)11-18-19(3,12-21)8-5-9-20(16,18)4/h10,12-13,18H,5-9,11H2,1-4H3/t18-,19+,20+/m0/s1. The molecular weight excluding hydrogens is 272 g/mol. The fourth-order valence-electron chi connectivity index (χ4n) is 5.21. The number of rotatable bonds is 2. The molecule has 22 heavy (non-hydrogen) atoms. The van der Waals surface area contributed by atoms with Crippen LogP contribution in [0, 0.1) is 22.7 Å². The Morgan fingerprint density at radius 2 is 1.95 bits per heavy atom. The Kier molecular flexibility index (Phi) is 3.70. The highest BCUT2D eigenvalue weighted by atomic mass is 16.1. The molecule has 0 amide bonds. The number of ketones is 1. The van der Waals surface area contributed by atoms with E-state index in [-0.39, 0.29) is 22.5 Å². The van der Waals surface area contributed by atoms with Gasteiger partial charge in [-0.15, -0.1) is 0 Å². The molecule has 0 saturated heterocycles. The number of hydrogen-bond donors (Lipinski definition) is 0. The summed E-state index contributed by atoms with van der Waals surface area (Å²) in [6, 6.07) is 0. The van der Waals surface area contributed by atoms with E-state index in [9.17, 15) is 9.59 Å². The van der Waals surface area contributed by atoms with Crippen molar-refractivity contribution in [2.24, 2.45) is 22.7 Å². The Labute approximate surface area is 134 Å². The average molecular weight is 300 g/mol. The number of carbonyl (C=O) groups is 2. The molecular formula is C20H28O2. The lowest BCUT2D eigenvalue weighted by Crippen LogP contribution is -2.49. The lowest BCUT2D eigenvalue weighted by molar-refractivity contribution is -0.130. The zero-order chi connectivity index (χ0) is 16.1. The molecule has 2 heteroatoms. The van der Waals surface area contributed by atoms with Gasteiger partial charge >= 0.3 is 0 Å². The molecule has 3 atom stereocenters. The van der Waals surface area contributed by atoms with Gasteiger partial charge in [0.05, 0.1) is 0 Å². The molecule has 0 radical (unpaired) electrons. The molecule has 0 N–H and O–H groups in total. The van der Waals surface area contributed by atoms with E-state index in [1.54, 1.807) is 0 Å². The number of carbonyl (C=O) groups excluding carboxylic acids is 2. The topological polar surface area (TPSA) is 34.1 Å². The monoisotopic (exact) mass is 300 g/mol. The fourth-order valence-corrected chi connectivity index (χ4v) is 5.21. The van der Waals surface area contributed by atoms with Crippen LogP contribution in [0.5, 0.6) is 0 Å². The zero-order valence-corrected chi connectivity index (χ0v) is 14.4. The van der Waals surface area contributed by atoms with Crippen LogP contribution in [-0.2, 0) is 9.59 Å². The van der Waals surface area contributed by atoms with Gasteiger partial charge in [0.2, 0.25) is 0 Å². The highest BCUT2D eigenvalue weighted by Crippen LogP contribution is 2.60. The van der Waals surface area contributed by atoms with Crippen molar-refractivity contribution in [1.29, 1.82) is 0 Å². The summed E-state index contributed by atoms with van der Waals surface area (Å²) in [7, 11) is 0. The third kappa shape index (κ3) is 2.14. The Morgan fingerprint density at radius 3 is 2.59 bits per heavy atom. The number of aldehydes is 1. The second kappa shape index (κ2) is 5.18. The van der Waals surface area contributed by atoms with Gasteiger partial charge in [0.25, 0.3) is 0 Å². The van der Waals surface area contributed by atoms with Crippen LogP contribution in [0.15, 0.2) is 22.8 Å². The minimum atomic E-state index is -0.330. The van der Waals surface area contributed by atoms with Crippen LogP contribution in [0.3, 0.4) is 0 Å². The van der Waals surface area contributed by atoms with Gasteiger partial charge in [-0.25, -0.2) is 0 Å². The molecule has 2 nitrogen and oxygen atoms in total. The lowest BCUT2D eigenvalue weighted by atomic mass is 9.49. The number of allylic oxidation sites excluding steroid dienone is 4. The number of fused-ring (bicyclic) bond motifs is 2. The summed E-state index contributed by atoms with van der Waals surface area (Å²) in [4.78, 5) is 24.5. The molecule has 3 aliphatic rings. The predicted molar refractivity (Wildman–Crippen MR) is 88.4 cm³/mol. The maximum atomic E-state index is 12.8. The first-order valence-corrected chi connectivity index (χ1v) is 8.75. The number of Topliss-reactive ketones (excluding diaryl/α,β-unsaturated/α-hetero) is 1. The van der Waals surface area contributed by atoms with Crippen molar-refractivity contribution in [3.8, 4) is 0 Å². The third-order valence-corrected chi connectivity index (χ3v) is 6.69. The molecule has 3 aliphatic carbocycles. The van der Waals surface area contributed by atoms with Crippen LogP contribution in [0.4, 0.5) is 0 Å². The summed E-state index contributed by atoms with van der Waals surface area (Å²) in [5.41, 5.74) is 3.46. The molecule has 0 aromatic rings. The van der Waals surface area contributed by atoms with Crippen molar-refractivity contribution >= 4 is 12.1 Å². The van der Waals surface area contributed by atoms with E-state index in [4.69, 9.17) is 0 Å². The first kappa shape index (κ1) is 15.7. The van der Waals surface area contributed by atoms with E-state index in [2.05, 4.69) is 33.8 Å². The lowest BCUT2D eigenvalue weighted by Gasteiger charge is -2.54. The zero-order valence-electron chi connectivity index (χ0n) is 14.4. The largest absolute Gasteiger partial charge is 0.303 e. The van der Waals surface area contributed by atoms with Crippen molar-refractivity contribution in [3.05, 3.63) is 22.8 Å². The molecule has 120 valence electrons. The minimum absolute atomic E-state index is 0.0379. The van der Waals surface area contributed by atoms with Gasteiger partial charge in [0.15, 0.2) is 5.78 Å². The van der Waals surface area contributed by atoms with E-state index < -0.39 is 0 Å². The van der Waals surface area contributed by atoms with Crippen molar-refractivity contribution in [2.75, 3.05) is 0 Å². The smallest absolute Gasteiger partial charge is 0.163 e. The SMILES string of the molecule is CC(C)C1=CC2=C(CC1)[C@@]1(C)CCC[C@](C)(C=O)[C@@H]1CC2=O. The van der Waals surface area contributed by atoms with Crippen molar-refractivity contribution in [3.63, 3.8) is 0 Å². The van der Waals surface area contributed by atoms with Gasteiger partial charge in [0.1, 0.15) is 6.29 Å². The molecule has 1 saturated carbocycles. The van der Waals surface area contributed by atoms with Gasteiger partial charge in [-0.1, -0.05) is 51.3 Å². The maximum Gasteiger partial charge on any atom is 0.163 e. The van der Waals surface area contributed by atoms with Gasteiger partial charge in [-0.3, -0.25) is 4.79 Å². The fraction of sp³-hybridized carbons (Fsp3) is 0.700. The quantitative estimate of drug-likeness (QED) is 0.696. The van der Waals surface area contributed by atoms with E-state index in [0.717, 1.165) is 44.0 Å². The van der Waals surface area contributed by atoms with E-state index in [1.165, 1.54) is 11.1 Å². The van der Waals surface area contributed by atoms with Crippen molar-refractivity contribution in [1.82, 2.24) is 0 Å². The number of hydrogen-bond acceptors (Lipinski definition) is 2. The first-order chi connectivity index (χ1) is 10.3. The summed E-state index contributed by atoms with van der Waals surface area (Å²) in [5, 5.41) is 0. The molecule has 0 spiro atoms. The van der Waals surface area contributed by atoms with Crippen LogP contribution in [0.25, 0.3) is 0 Å². The van der Waals surface area contributed by atoms with E-state index in [1.807, 2.05) is 0 Å². The maximum absolute atomic E-state index is 12.8. The summed E-state index contributed by atoms with van der Waals surface area (Å²) >= 11 is 0. The third-order valence-electron chi connectivity index (χ3n) is 6.69. The van der Waals surface area contributed by atoms with E-state index in [0.29, 0.717) is 12.3 Å². The van der Waals surface area contributed by atoms with Crippen molar-refractivity contribution in [2.45, 2.75) is 66.2 Å². The molecule has 1 fully saturated rings. The molecule has 0 aliphatic heterocycles. The molecule has 0 unspecified atom stereocenters. The molecule has 0 aromatic heterocycles. The highest BCUT2D eigenvalue weighted by molar-refractivity contribution is 6.01. The van der Waals surface area contributed by atoms with Crippen LogP contribution >= 0.6 is 0 Å². The minimum Gasteiger partial charge on any atom is -0.303 e. The Balaban J connectivity index is 2.10. The van der Waals surface area contributed by atoms with E-state index >= 15 is 0 Å². The average Bonchev–Trinajstić information content (AvgIpc) is 2.49. The second-order valence-corrected chi connectivity index (χ2v) is 8.34. The second-order valence-electron chi connectivity index (χ2n) is 8.34. The van der Waals surface area contributed by atoms with Gasteiger partial charge in [-0.2, -0.15) is 0 Å². The van der Waals surface area contributed by atoms with Gasteiger partial charge < -0.3 is 4.79 Å². The summed E-state index contributed by atoms with van der Waals surface area (Å²) in [6.45, 7) is 8.80.